The number of aromatic hydroxyl groups is 1. The lowest BCUT2D eigenvalue weighted by Crippen LogP contribution is -1.87. The van der Waals surface area contributed by atoms with Gasteiger partial charge in [0.1, 0.15) is 0 Å². The fourth-order valence-electron chi connectivity index (χ4n) is 0.666. The van der Waals surface area contributed by atoms with Crippen molar-refractivity contribution in [3.63, 3.8) is 0 Å². The third-order valence-electron chi connectivity index (χ3n) is 1.16. The Morgan fingerprint density at radius 1 is 1.55 bits per heavy atom. The van der Waals surface area contributed by atoms with Crippen molar-refractivity contribution in [3.05, 3.63) is 28.3 Å². The molecule has 5 heteroatoms. The summed E-state index contributed by atoms with van der Waals surface area (Å²) in [4.78, 5) is 10.00. The second-order valence-corrected chi connectivity index (χ2v) is 2.45. The number of nitro benzene ring substituents is 1. The lowest BCUT2D eigenvalue weighted by Gasteiger charge is -1.94. The summed E-state index contributed by atoms with van der Waals surface area (Å²) >= 11 is 3.89. The summed E-state index contributed by atoms with van der Waals surface area (Å²) in [5, 5.41) is 19.1. The number of phenolic OH excluding ortho intramolecular Hbond substituents is 1. The third-order valence-corrected chi connectivity index (χ3v) is 1.43. The zero-order valence-corrected chi connectivity index (χ0v) is 6.28. The Bertz CT molecular complexity index is 300. The highest BCUT2D eigenvalue weighted by atomic mass is 32.1. The normalized spacial score (nSPS) is 9.55. The zero-order valence-electron chi connectivity index (χ0n) is 5.39. The van der Waals surface area contributed by atoms with Gasteiger partial charge >= 0.3 is 5.69 Å². The van der Waals surface area contributed by atoms with Gasteiger partial charge in [0.2, 0.25) is 0 Å². The van der Waals surface area contributed by atoms with E-state index in [2.05, 4.69) is 12.6 Å². The van der Waals surface area contributed by atoms with Crippen LogP contribution in [-0.4, -0.2) is 10.0 Å². The van der Waals surface area contributed by atoms with Crippen molar-refractivity contribution in [3.8, 4) is 5.75 Å². The fourth-order valence-corrected chi connectivity index (χ4v) is 0.863. The van der Waals surface area contributed by atoms with Crippen LogP contribution >= 0.6 is 12.6 Å². The Hall–Kier alpha value is -1.23. The van der Waals surface area contributed by atoms with E-state index >= 15 is 0 Å². The summed E-state index contributed by atoms with van der Waals surface area (Å²) < 4.78 is 0. The third kappa shape index (κ3) is 1.62. The summed E-state index contributed by atoms with van der Waals surface area (Å²) in [5.41, 5.74) is -0.303. The van der Waals surface area contributed by atoms with Gasteiger partial charge < -0.3 is 5.11 Å². The first-order chi connectivity index (χ1) is 5.11. The van der Waals surface area contributed by atoms with Crippen LogP contribution < -0.4 is 0 Å². The van der Waals surface area contributed by atoms with E-state index < -0.39 is 4.92 Å². The van der Waals surface area contributed by atoms with Gasteiger partial charge in [0.15, 0.2) is 5.75 Å². The van der Waals surface area contributed by atoms with E-state index in [0.717, 1.165) is 0 Å². The number of nitrogens with zero attached hydrogens (tertiary/aromatic N) is 1. The van der Waals surface area contributed by atoms with Crippen molar-refractivity contribution in [1.82, 2.24) is 0 Å². The molecule has 0 aliphatic carbocycles. The van der Waals surface area contributed by atoms with Crippen LogP contribution in [0.5, 0.6) is 5.75 Å². The second-order valence-electron chi connectivity index (χ2n) is 1.93. The van der Waals surface area contributed by atoms with Gasteiger partial charge in [-0.15, -0.1) is 12.6 Å². The molecule has 0 spiro atoms. The van der Waals surface area contributed by atoms with Crippen molar-refractivity contribution in [2.75, 3.05) is 0 Å². The molecule has 0 atom stereocenters. The van der Waals surface area contributed by atoms with Crippen LogP contribution in [0.3, 0.4) is 0 Å². The molecular formula is C6H5NO3S. The predicted octanol–water partition coefficient (Wildman–Crippen LogP) is 1.59. The predicted molar refractivity (Wildman–Crippen MR) is 42.0 cm³/mol. The summed E-state index contributed by atoms with van der Waals surface area (Å²) in [5.74, 6) is -0.359. The summed E-state index contributed by atoms with van der Waals surface area (Å²) in [6.07, 6.45) is 0. The van der Waals surface area contributed by atoms with Crippen LogP contribution in [0.1, 0.15) is 0 Å². The fraction of sp³-hybridized carbons (Fsp3) is 0. The van der Waals surface area contributed by atoms with Gasteiger partial charge in [-0.25, -0.2) is 0 Å². The van der Waals surface area contributed by atoms with Crippen LogP contribution in [0.25, 0.3) is 0 Å². The number of hydrogen-bond donors (Lipinski definition) is 2. The van der Waals surface area contributed by atoms with Gasteiger partial charge in [0.25, 0.3) is 0 Å². The molecule has 1 rings (SSSR count). The summed E-state index contributed by atoms with van der Waals surface area (Å²) in [6.45, 7) is 0. The quantitative estimate of drug-likeness (QED) is 0.383. The van der Waals surface area contributed by atoms with E-state index in [1.54, 1.807) is 0 Å². The molecule has 0 unspecified atom stereocenters. The lowest BCUT2D eigenvalue weighted by atomic mass is 10.3. The molecule has 0 aliphatic heterocycles. The molecule has 0 saturated heterocycles. The number of rotatable bonds is 1. The first-order valence-electron chi connectivity index (χ1n) is 2.77. The molecule has 1 aromatic rings. The number of phenols is 1. The Labute approximate surface area is 68.0 Å². The van der Waals surface area contributed by atoms with Gasteiger partial charge in [-0.05, 0) is 6.07 Å². The molecule has 58 valence electrons. The van der Waals surface area contributed by atoms with E-state index in [4.69, 9.17) is 5.11 Å². The van der Waals surface area contributed by atoms with E-state index in [1.807, 2.05) is 0 Å². The average molecular weight is 171 g/mol. The second kappa shape index (κ2) is 2.79. The van der Waals surface area contributed by atoms with Crippen molar-refractivity contribution in [2.24, 2.45) is 0 Å². The standard InChI is InChI=1S/C6H5NO3S/c8-6-3-4(11)1-2-5(6)7(9)10/h1-3,8,11H. The van der Waals surface area contributed by atoms with E-state index in [-0.39, 0.29) is 11.4 Å². The number of hydrogen-bond acceptors (Lipinski definition) is 4. The van der Waals surface area contributed by atoms with Crippen LogP contribution in [0.2, 0.25) is 0 Å². The van der Waals surface area contributed by atoms with Crippen LogP contribution in [0.15, 0.2) is 23.1 Å². The highest BCUT2D eigenvalue weighted by Crippen LogP contribution is 2.27. The van der Waals surface area contributed by atoms with Gasteiger partial charge in [-0.3, -0.25) is 10.1 Å². The molecule has 11 heavy (non-hydrogen) atoms. The maximum atomic E-state index is 10.2. The highest BCUT2D eigenvalue weighted by molar-refractivity contribution is 7.80. The minimum Gasteiger partial charge on any atom is -0.502 e. The Morgan fingerprint density at radius 2 is 2.18 bits per heavy atom. The maximum Gasteiger partial charge on any atom is 0.310 e. The molecule has 1 N–H and O–H groups in total. The van der Waals surface area contributed by atoms with E-state index in [0.29, 0.717) is 4.90 Å². The van der Waals surface area contributed by atoms with E-state index in [1.165, 1.54) is 18.2 Å². The van der Waals surface area contributed by atoms with Gasteiger partial charge in [0, 0.05) is 17.0 Å². The molecule has 0 aromatic heterocycles. The van der Waals surface area contributed by atoms with Crippen LogP contribution in [0.4, 0.5) is 5.69 Å². The molecule has 0 aliphatic rings. The topological polar surface area (TPSA) is 63.4 Å². The number of thiol groups is 1. The lowest BCUT2D eigenvalue weighted by molar-refractivity contribution is -0.385. The van der Waals surface area contributed by atoms with Crippen molar-refractivity contribution in [2.45, 2.75) is 4.90 Å². The van der Waals surface area contributed by atoms with Crippen molar-refractivity contribution >= 4 is 18.3 Å². The zero-order chi connectivity index (χ0) is 8.43. The van der Waals surface area contributed by atoms with Crippen molar-refractivity contribution in [1.29, 1.82) is 0 Å². The summed E-state index contributed by atoms with van der Waals surface area (Å²) in [6, 6.07) is 3.87. The molecule has 1 aromatic carbocycles. The summed E-state index contributed by atoms with van der Waals surface area (Å²) in [7, 11) is 0. The van der Waals surface area contributed by atoms with Gasteiger partial charge in [-0.1, -0.05) is 0 Å². The monoisotopic (exact) mass is 171 g/mol. The first-order valence-corrected chi connectivity index (χ1v) is 3.22. The molecule has 0 amide bonds. The Kier molecular flexibility index (Phi) is 2.00. The molecule has 0 bridgehead atoms. The molecule has 0 radical (unpaired) electrons. The smallest absolute Gasteiger partial charge is 0.310 e. The van der Waals surface area contributed by atoms with Crippen LogP contribution in [0, 0.1) is 10.1 Å². The largest absolute Gasteiger partial charge is 0.502 e. The molecule has 0 heterocycles. The number of nitro groups is 1. The van der Waals surface area contributed by atoms with Crippen LogP contribution in [-0.2, 0) is 0 Å². The molecule has 0 fully saturated rings. The maximum absolute atomic E-state index is 10.2. The van der Waals surface area contributed by atoms with Gasteiger partial charge in [0.05, 0.1) is 4.92 Å². The SMILES string of the molecule is O=[N+]([O-])c1ccc(S)cc1O. The van der Waals surface area contributed by atoms with Gasteiger partial charge in [-0.2, -0.15) is 0 Å². The highest BCUT2D eigenvalue weighted by Gasteiger charge is 2.11. The molecule has 0 saturated carbocycles. The first kappa shape index (κ1) is 7.87. The Morgan fingerprint density at radius 3 is 2.64 bits per heavy atom. The van der Waals surface area contributed by atoms with E-state index in [9.17, 15) is 10.1 Å². The Balaban J connectivity index is 3.20. The molecule has 4 nitrogen and oxygen atoms in total. The average Bonchev–Trinajstić information content (AvgIpc) is 1.85. The van der Waals surface area contributed by atoms with Crippen molar-refractivity contribution < 1.29 is 10.0 Å². The minimum absolute atomic E-state index is 0.303. The molecular weight excluding hydrogens is 166 g/mol. The number of benzene rings is 1. The minimum atomic E-state index is -0.650.